The predicted octanol–water partition coefficient (Wildman–Crippen LogP) is 2.83. The molecule has 3 N–H and O–H groups in total. The highest BCUT2D eigenvalue weighted by Crippen LogP contribution is 2.33. The molecule has 0 aromatic heterocycles. The van der Waals surface area contributed by atoms with E-state index in [1.54, 1.807) is 25.1 Å². The Morgan fingerprint density at radius 3 is 2.55 bits per heavy atom. The van der Waals surface area contributed by atoms with Gasteiger partial charge in [0.25, 0.3) is 0 Å². The van der Waals surface area contributed by atoms with Gasteiger partial charge in [-0.3, -0.25) is 5.84 Å². The van der Waals surface area contributed by atoms with E-state index in [1.165, 1.54) is 25.3 Å². The summed E-state index contributed by atoms with van der Waals surface area (Å²) in [6.45, 7) is 1.75. The first-order valence-electron chi connectivity index (χ1n) is 6.13. The molecule has 0 fully saturated rings. The average molecular weight is 278 g/mol. The van der Waals surface area contributed by atoms with Crippen molar-refractivity contribution in [3.8, 4) is 5.75 Å². The maximum absolute atomic E-state index is 14.1. The van der Waals surface area contributed by atoms with Gasteiger partial charge in [0.1, 0.15) is 17.4 Å². The molecule has 2 aromatic rings. The second-order valence-corrected chi connectivity index (χ2v) is 4.46. The van der Waals surface area contributed by atoms with E-state index in [9.17, 15) is 8.78 Å². The number of hydrogen-bond donors (Lipinski definition) is 2. The summed E-state index contributed by atoms with van der Waals surface area (Å²) < 4.78 is 32.5. The second kappa shape index (κ2) is 5.98. The number of rotatable bonds is 4. The minimum Gasteiger partial charge on any atom is -0.496 e. The van der Waals surface area contributed by atoms with Gasteiger partial charge in [-0.2, -0.15) is 0 Å². The molecule has 2 rings (SSSR count). The first-order valence-corrected chi connectivity index (χ1v) is 6.13. The number of nitrogens with two attached hydrogens (primary N) is 1. The van der Waals surface area contributed by atoms with E-state index in [-0.39, 0.29) is 5.82 Å². The number of hydrogen-bond acceptors (Lipinski definition) is 3. The van der Waals surface area contributed by atoms with Crippen LogP contribution in [0.2, 0.25) is 0 Å². The van der Waals surface area contributed by atoms with Crippen molar-refractivity contribution < 1.29 is 13.5 Å². The van der Waals surface area contributed by atoms with Gasteiger partial charge in [0.2, 0.25) is 0 Å². The van der Waals surface area contributed by atoms with E-state index < -0.39 is 11.9 Å². The Balaban J connectivity index is 2.58. The van der Waals surface area contributed by atoms with Gasteiger partial charge in [-0.1, -0.05) is 12.1 Å². The summed E-state index contributed by atoms with van der Waals surface area (Å²) in [7, 11) is 1.46. The molecule has 0 aliphatic rings. The number of aryl methyl sites for hydroxylation is 1. The predicted molar refractivity (Wildman–Crippen MR) is 73.3 cm³/mol. The maximum Gasteiger partial charge on any atom is 0.132 e. The molecule has 5 heteroatoms. The van der Waals surface area contributed by atoms with Crippen LogP contribution in [-0.4, -0.2) is 7.11 Å². The average Bonchev–Trinajstić information content (AvgIpc) is 2.43. The van der Waals surface area contributed by atoms with E-state index >= 15 is 0 Å². The zero-order valence-electron chi connectivity index (χ0n) is 11.3. The number of halogens is 2. The molecule has 1 unspecified atom stereocenters. The molecule has 106 valence electrons. The lowest BCUT2D eigenvalue weighted by Crippen LogP contribution is -2.30. The van der Waals surface area contributed by atoms with Crippen LogP contribution < -0.4 is 16.0 Å². The number of nitrogens with one attached hydrogen (secondary N) is 1. The normalized spacial score (nSPS) is 12.2. The van der Waals surface area contributed by atoms with Crippen LogP contribution in [0.1, 0.15) is 22.7 Å². The Kier molecular flexibility index (Phi) is 4.32. The third-order valence-corrected chi connectivity index (χ3v) is 3.23. The first kappa shape index (κ1) is 14.4. The van der Waals surface area contributed by atoms with Crippen LogP contribution in [0.5, 0.6) is 5.75 Å². The quantitative estimate of drug-likeness (QED) is 0.668. The maximum atomic E-state index is 14.1. The molecule has 0 amide bonds. The van der Waals surface area contributed by atoms with Crippen molar-refractivity contribution in [3.05, 3.63) is 64.7 Å². The molecule has 0 aliphatic carbocycles. The number of benzene rings is 2. The van der Waals surface area contributed by atoms with Crippen LogP contribution >= 0.6 is 0 Å². The van der Waals surface area contributed by atoms with Crippen LogP contribution in [0.4, 0.5) is 8.78 Å². The lowest BCUT2D eigenvalue weighted by molar-refractivity contribution is 0.397. The molecule has 0 heterocycles. The van der Waals surface area contributed by atoms with Crippen molar-refractivity contribution in [1.29, 1.82) is 0 Å². The third-order valence-electron chi connectivity index (χ3n) is 3.23. The summed E-state index contributed by atoms with van der Waals surface area (Å²) in [5.74, 6) is 5.18. The molecule has 2 aromatic carbocycles. The van der Waals surface area contributed by atoms with Gasteiger partial charge in [0.15, 0.2) is 0 Å². The largest absolute Gasteiger partial charge is 0.496 e. The van der Waals surface area contributed by atoms with E-state index in [0.717, 1.165) is 0 Å². The van der Waals surface area contributed by atoms with Gasteiger partial charge >= 0.3 is 0 Å². The van der Waals surface area contributed by atoms with E-state index in [0.29, 0.717) is 22.4 Å². The SMILES string of the molecule is COc1cccc(F)c1C(NN)c1ccc(F)cc1C. The molecule has 0 bridgehead atoms. The monoisotopic (exact) mass is 278 g/mol. The van der Waals surface area contributed by atoms with Crippen LogP contribution in [0.15, 0.2) is 36.4 Å². The van der Waals surface area contributed by atoms with E-state index in [1.807, 2.05) is 0 Å². The highest BCUT2D eigenvalue weighted by atomic mass is 19.1. The van der Waals surface area contributed by atoms with Crippen molar-refractivity contribution in [1.82, 2.24) is 5.43 Å². The van der Waals surface area contributed by atoms with Crippen molar-refractivity contribution in [2.75, 3.05) is 7.11 Å². The smallest absolute Gasteiger partial charge is 0.132 e. The molecule has 1 atom stereocenters. The van der Waals surface area contributed by atoms with Gasteiger partial charge < -0.3 is 4.74 Å². The minimum absolute atomic E-state index is 0.298. The van der Waals surface area contributed by atoms with Crippen molar-refractivity contribution >= 4 is 0 Å². The van der Waals surface area contributed by atoms with Crippen LogP contribution in [0.25, 0.3) is 0 Å². The number of hydrazine groups is 1. The highest BCUT2D eigenvalue weighted by Gasteiger charge is 2.22. The molecule has 0 saturated heterocycles. The van der Waals surface area contributed by atoms with Crippen molar-refractivity contribution in [2.24, 2.45) is 5.84 Å². The molecule has 0 spiro atoms. The molecule has 3 nitrogen and oxygen atoms in total. The Morgan fingerprint density at radius 1 is 1.20 bits per heavy atom. The van der Waals surface area contributed by atoms with Crippen LogP contribution in [0.3, 0.4) is 0 Å². The summed E-state index contributed by atoms with van der Waals surface area (Å²) in [6, 6.07) is 8.21. The standard InChI is InChI=1S/C15H16F2N2O/c1-9-8-10(16)6-7-11(9)15(19-18)14-12(17)4-3-5-13(14)20-2/h3-8,15,19H,18H2,1-2H3. The summed E-state index contributed by atoms with van der Waals surface area (Å²) in [4.78, 5) is 0. The fraction of sp³-hybridized carbons (Fsp3) is 0.200. The fourth-order valence-corrected chi connectivity index (χ4v) is 2.27. The zero-order valence-corrected chi connectivity index (χ0v) is 11.3. The molecular formula is C15H16F2N2O. The Labute approximate surface area is 116 Å². The molecule has 20 heavy (non-hydrogen) atoms. The van der Waals surface area contributed by atoms with Gasteiger partial charge in [-0.05, 0) is 42.3 Å². The Bertz CT molecular complexity index is 617. The molecule has 0 saturated carbocycles. The summed E-state index contributed by atoms with van der Waals surface area (Å²) in [5, 5.41) is 0. The number of ether oxygens (including phenoxy) is 1. The zero-order chi connectivity index (χ0) is 14.7. The Morgan fingerprint density at radius 2 is 1.95 bits per heavy atom. The lowest BCUT2D eigenvalue weighted by Gasteiger charge is -2.21. The number of methoxy groups -OCH3 is 1. The van der Waals surface area contributed by atoms with Gasteiger partial charge in [-0.15, -0.1) is 0 Å². The highest BCUT2D eigenvalue weighted by molar-refractivity contribution is 5.44. The van der Waals surface area contributed by atoms with Crippen molar-refractivity contribution in [2.45, 2.75) is 13.0 Å². The van der Waals surface area contributed by atoms with E-state index in [2.05, 4.69) is 5.43 Å². The lowest BCUT2D eigenvalue weighted by atomic mass is 9.94. The topological polar surface area (TPSA) is 47.3 Å². The summed E-state index contributed by atoms with van der Waals surface area (Å²) in [6.07, 6.45) is 0. The first-order chi connectivity index (χ1) is 9.58. The van der Waals surface area contributed by atoms with Crippen LogP contribution in [-0.2, 0) is 0 Å². The summed E-state index contributed by atoms with van der Waals surface area (Å²) in [5.41, 5.74) is 4.24. The second-order valence-electron chi connectivity index (χ2n) is 4.46. The third kappa shape index (κ3) is 2.64. The molecule has 0 aliphatic heterocycles. The summed E-state index contributed by atoms with van der Waals surface area (Å²) >= 11 is 0. The van der Waals surface area contributed by atoms with Gasteiger partial charge in [0.05, 0.1) is 18.7 Å². The van der Waals surface area contributed by atoms with Gasteiger partial charge in [-0.25, -0.2) is 14.2 Å². The minimum atomic E-state index is -0.619. The Hall–Kier alpha value is -1.98. The van der Waals surface area contributed by atoms with E-state index in [4.69, 9.17) is 10.6 Å². The molecular weight excluding hydrogens is 262 g/mol. The van der Waals surface area contributed by atoms with Crippen molar-refractivity contribution in [3.63, 3.8) is 0 Å². The molecule has 0 radical (unpaired) electrons. The van der Waals surface area contributed by atoms with Gasteiger partial charge in [0, 0.05) is 0 Å². The fourth-order valence-electron chi connectivity index (χ4n) is 2.27. The van der Waals surface area contributed by atoms with Crippen LogP contribution in [0, 0.1) is 18.6 Å².